The number of hydrogen-bond donors (Lipinski definition) is 2. The minimum absolute atomic E-state index is 0.0206. The van der Waals surface area contributed by atoms with Gasteiger partial charge in [-0.1, -0.05) is 48.5 Å². The fourth-order valence-corrected chi connectivity index (χ4v) is 2.30. The summed E-state index contributed by atoms with van der Waals surface area (Å²) in [6.45, 7) is 0. The average molecular weight is 292 g/mol. The lowest BCUT2D eigenvalue weighted by molar-refractivity contribution is 0.0693. The largest absolute Gasteiger partial charge is 0.478 e. The molecule has 5 nitrogen and oxygen atoms in total. The van der Waals surface area contributed by atoms with Gasteiger partial charge in [0.15, 0.2) is 5.78 Å². The first kappa shape index (κ1) is 13.8. The Kier molecular flexibility index (Phi) is 3.53. The zero-order chi connectivity index (χ0) is 15.5. The van der Waals surface area contributed by atoms with Gasteiger partial charge in [0, 0.05) is 11.1 Å². The zero-order valence-electron chi connectivity index (χ0n) is 11.5. The predicted molar refractivity (Wildman–Crippen MR) is 80.9 cm³/mol. The number of hydrogen-bond acceptors (Lipinski definition) is 3. The first-order valence-corrected chi connectivity index (χ1v) is 6.64. The Labute approximate surface area is 126 Å². The molecule has 0 aliphatic carbocycles. The first-order valence-electron chi connectivity index (χ1n) is 6.64. The standard InChI is InChI=1S/C17H12N2O3/c20-16(12-8-4-5-9-13(12)17(21)22)14-10-18-19-15(14)11-6-2-1-3-7-11/h1-10H,(H,18,19)(H,21,22). The maximum Gasteiger partial charge on any atom is 0.336 e. The number of rotatable bonds is 4. The smallest absolute Gasteiger partial charge is 0.336 e. The van der Waals surface area contributed by atoms with Crippen molar-refractivity contribution in [1.82, 2.24) is 10.2 Å². The maximum atomic E-state index is 12.7. The van der Waals surface area contributed by atoms with Crippen molar-refractivity contribution in [2.45, 2.75) is 0 Å². The number of carboxylic acid groups (broad SMARTS) is 1. The summed E-state index contributed by atoms with van der Waals surface area (Å²) >= 11 is 0. The highest BCUT2D eigenvalue weighted by Gasteiger charge is 2.21. The number of carboxylic acids is 1. The van der Waals surface area contributed by atoms with Crippen LogP contribution in [0.3, 0.4) is 0 Å². The van der Waals surface area contributed by atoms with Gasteiger partial charge < -0.3 is 5.11 Å². The normalized spacial score (nSPS) is 10.4. The number of carbonyl (C=O) groups excluding carboxylic acids is 1. The highest BCUT2D eigenvalue weighted by molar-refractivity contribution is 6.16. The van der Waals surface area contributed by atoms with Gasteiger partial charge in [0.1, 0.15) is 0 Å². The second-order valence-electron chi connectivity index (χ2n) is 4.70. The van der Waals surface area contributed by atoms with Crippen LogP contribution in [0.25, 0.3) is 11.3 Å². The van der Waals surface area contributed by atoms with Crippen LogP contribution in [0.5, 0.6) is 0 Å². The van der Waals surface area contributed by atoms with Crippen LogP contribution >= 0.6 is 0 Å². The van der Waals surface area contributed by atoms with Crippen molar-refractivity contribution in [3.8, 4) is 11.3 Å². The van der Waals surface area contributed by atoms with E-state index in [-0.39, 0.29) is 16.9 Å². The van der Waals surface area contributed by atoms with Crippen LogP contribution in [0.4, 0.5) is 0 Å². The van der Waals surface area contributed by atoms with E-state index in [1.807, 2.05) is 30.3 Å². The summed E-state index contributed by atoms with van der Waals surface area (Å²) in [7, 11) is 0. The van der Waals surface area contributed by atoms with Gasteiger partial charge in [-0.05, 0) is 6.07 Å². The van der Waals surface area contributed by atoms with E-state index in [4.69, 9.17) is 0 Å². The van der Waals surface area contributed by atoms with Gasteiger partial charge >= 0.3 is 5.97 Å². The number of carbonyl (C=O) groups is 2. The zero-order valence-corrected chi connectivity index (χ0v) is 11.5. The van der Waals surface area contributed by atoms with Crippen molar-refractivity contribution in [3.63, 3.8) is 0 Å². The van der Waals surface area contributed by atoms with E-state index in [1.54, 1.807) is 12.1 Å². The molecular formula is C17H12N2O3. The van der Waals surface area contributed by atoms with E-state index in [2.05, 4.69) is 10.2 Å². The molecule has 0 saturated heterocycles. The fraction of sp³-hybridized carbons (Fsp3) is 0. The topological polar surface area (TPSA) is 83.0 Å². The molecule has 2 aromatic carbocycles. The minimum atomic E-state index is -1.13. The number of aromatic amines is 1. The van der Waals surface area contributed by atoms with Crippen LogP contribution in [-0.2, 0) is 0 Å². The SMILES string of the molecule is O=C(O)c1ccccc1C(=O)c1cn[nH]c1-c1ccccc1. The lowest BCUT2D eigenvalue weighted by Crippen LogP contribution is -2.09. The molecule has 0 radical (unpaired) electrons. The number of aromatic carboxylic acids is 1. The molecule has 3 aromatic rings. The van der Waals surface area contributed by atoms with Crippen molar-refractivity contribution < 1.29 is 14.7 Å². The van der Waals surface area contributed by atoms with Crippen LogP contribution < -0.4 is 0 Å². The minimum Gasteiger partial charge on any atom is -0.478 e. The van der Waals surface area contributed by atoms with E-state index in [0.29, 0.717) is 11.3 Å². The average Bonchev–Trinajstić information content (AvgIpc) is 3.04. The third kappa shape index (κ3) is 2.40. The van der Waals surface area contributed by atoms with Gasteiger partial charge in [-0.15, -0.1) is 0 Å². The number of aromatic nitrogens is 2. The van der Waals surface area contributed by atoms with Gasteiger partial charge in [-0.25, -0.2) is 4.79 Å². The van der Waals surface area contributed by atoms with E-state index in [1.165, 1.54) is 18.3 Å². The van der Waals surface area contributed by atoms with E-state index in [0.717, 1.165) is 5.56 Å². The molecule has 0 saturated carbocycles. The Bertz CT molecular complexity index is 838. The molecule has 0 aliphatic heterocycles. The molecule has 108 valence electrons. The maximum absolute atomic E-state index is 12.7. The highest BCUT2D eigenvalue weighted by atomic mass is 16.4. The van der Waals surface area contributed by atoms with Crippen molar-refractivity contribution in [2.24, 2.45) is 0 Å². The van der Waals surface area contributed by atoms with Gasteiger partial charge in [0.25, 0.3) is 0 Å². The third-order valence-electron chi connectivity index (χ3n) is 3.35. The Balaban J connectivity index is 2.09. The molecule has 0 spiro atoms. The summed E-state index contributed by atoms with van der Waals surface area (Å²) in [6.07, 6.45) is 1.42. The number of nitrogens with zero attached hydrogens (tertiary/aromatic N) is 1. The summed E-state index contributed by atoms with van der Waals surface area (Å²) in [5.74, 6) is -1.50. The van der Waals surface area contributed by atoms with Gasteiger partial charge in [0.2, 0.25) is 0 Å². The Hall–Kier alpha value is -3.21. The molecular weight excluding hydrogens is 280 g/mol. The molecule has 0 amide bonds. The van der Waals surface area contributed by atoms with Crippen molar-refractivity contribution in [3.05, 3.63) is 77.5 Å². The summed E-state index contributed by atoms with van der Waals surface area (Å²) in [4.78, 5) is 24.0. The lowest BCUT2D eigenvalue weighted by Gasteiger charge is -2.06. The molecule has 1 heterocycles. The Morgan fingerprint density at radius 2 is 1.50 bits per heavy atom. The van der Waals surface area contributed by atoms with Crippen LogP contribution in [-0.4, -0.2) is 27.1 Å². The number of nitrogens with one attached hydrogen (secondary N) is 1. The number of H-pyrrole nitrogens is 1. The van der Waals surface area contributed by atoms with Gasteiger partial charge in [-0.2, -0.15) is 5.10 Å². The van der Waals surface area contributed by atoms with Crippen LogP contribution in [0.2, 0.25) is 0 Å². The molecule has 0 aliphatic rings. The van der Waals surface area contributed by atoms with E-state index in [9.17, 15) is 14.7 Å². The molecule has 0 unspecified atom stereocenters. The third-order valence-corrected chi connectivity index (χ3v) is 3.35. The molecule has 1 aromatic heterocycles. The van der Waals surface area contributed by atoms with Crippen molar-refractivity contribution in [2.75, 3.05) is 0 Å². The lowest BCUT2D eigenvalue weighted by atomic mass is 9.97. The Morgan fingerprint density at radius 1 is 0.864 bits per heavy atom. The Morgan fingerprint density at radius 3 is 2.18 bits per heavy atom. The molecule has 0 fully saturated rings. The van der Waals surface area contributed by atoms with Crippen LogP contribution in [0, 0.1) is 0 Å². The molecule has 5 heteroatoms. The highest BCUT2D eigenvalue weighted by Crippen LogP contribution is 2.24. The summed E-state index contributed by atoms with van der Waals surface area (Å²) in [5.41, 5.74) is 1.86. The van der Waals surface area contributed by atoms with Crippen molar-refractivity contribution in [1.29, 1.82) is 0 Å². The van der Waals surface area contributed by atoms with E-state index < -0.39 is 5.97 Å². The monoisotopic (exact) mass is 292 g/mol. The molecule has 0 atom stereocenters. The number of benzene rings is 2. The fourth-order valence-electron chi connectivity index (χ4n) is 2.30. The molecule has 3 rings (SSSR count). The molecule has 0 bridgehead atoms. The second kappa shape index (κ2) is 5.65. The van der Waals surface area contributed by atoms with Crippen LogP contribution in [0.1, 0.15) is 26.3 Å². The molecule has 22 heavy (non-hydrogen) atoms. The van der Waals surface area contributed by atoms with E-state index >= 15 is 0 Å². The van der Waals surface area contributed by atoms with Crippen LogP contribution in [0.15, 0.2) is 60.8 Å². The summed E-state index contributed by atoms with van der Waals surface area (Å²) in [5, 5.41) is 16.0. The summed E-state index contributed by atoms with van der Waals surface area (Å²) < 4.78 is 0. The quantitative estimate of drug-likeness (QED) is 0.724. The molecule has 2 N–H and O–H groups in total. The number of ketones is 1. The second-order valence-corrected chi connectivity index (χ2v) is 4.70. The van der Waals surface area contributed by atoms with Gasteiger partial charge in [-0.3, -0.25) is 9.89 Å². The van der Waals surface area contributed by atoms with Crippen molar-refractivity contribution >= 4 is 11.8 Å². The first-order chi connectivity index (χ1) is 10.7. The van der Waals surface area contributed by atoms with Gasteiger partial charge in [0.05, 0.1) is 23.0 Å². The predicted octanol–water partition coefficient (Wildman–Crippen LogP) is 3.01. The summed E-state index contributed by atoms with van der Waals surface area (Å²) in [6, 6.07) is 15.5.